The van der Waals surface area contributed by atoms with Crippen molar-refractivity contribution >= 4 is 22.7 Å². The molecule has 0 bridgehead atoms. The number of hydrogen-bond acceptors (Lipinski definition) is 5. The molecule has 2 aromatic rings. The summed E-state index contributed by atoms with van der Waals surface area (Å²) in [6, 6.07) is 5.36. The van der Waals surface area contributed by atoms with Gasteiger partial charge in [-0.3, -0.25) is 4.79 Å². The molecule has 0 radical (unpaired) electrons. The van der Waals surface area contributed by atoms with E-state index in [4.69, 9.17) is 0 Å². The van der Waals surface area contributed by atoms with Gasteiger partial charge < -0.3 is 5.21 Å². The number of hydrazone groups is 1. The van der Waals surface area contributed by atoms with E-state index < -0.39 is 0 Å². The predicted molar refractivity (Wildman–Crippen MR) is 63.2 cm³/mol. The topological polar surface area (TPSA) is 92.4 Å². The van der Waals surface area contributed by atoms with Gasteiger partial charge in [-0.15, -0.1) is 5.10 Å². The Hall–Kier alpha value is -2.44. The highest BCUT2D eigenvalue weighted by atomic mass is 16.5. The number of nitrogens with one attached hydrogen (secondary N) is 1. The molecule has 1 aliphatic heterocycles. The SMILES string of the molecule is C[C@@H]1CC(=O)NN=C1c1ccc2nnn(O)c2c1. The van der Waals surface area contributed by atoms with E-state index >= 15 is 0 Å². The molecular weight excluding hydrogens is 234 g/mol. The van der Waals surface area contributed by atoms with E-state index in [-0.39, 0.29) is 11.8 Å². The van der Waals surface area contributed by atoms with Crippen LogP contribution in [0.15, 0.2) is 23.3 Å². The monoisotopic (exact) mass is 245 g/mol. The average molecular weight is 245 g/mol. The molecular formula is C11H11N5O2. The van der Waals surface area contributed by atoms with Gasteiger partial charge in [0, 0.05) is 17.9 Å². The van der Waals surface area contributed by atoms with Gasteiger partial charge in [-0.25, -0.2) is 5.43 Å². The lowest BCUT2D eigenvalue weighted by molar-refractivity contribution is -0.121. The number of rotatable bonds is 1. The number of benzene rings is 1. The smallest absolute Gasteiger partial charge is 0.240 e. The lowest BCUT2D eigenvalue weighted by Crippen LogP contribution is -2.31. The maximum atomic E-state index is 11.2. The summed E-state index contributed by atoms with van der Waals surface area (Å²) < 4.78 is 0. The van der Waals surface area contributed by atoms with Gasteiger partial charge >= 0.3 is 0 Å². The van der Waals surface area contributed by atoms with Gasteiger partial charge in [0.2, 0.25) is 5.91 Å². The summed E-state index contributed by atoms with van der Waals surface area (Å²) in [4.78, 5) is 11.9. The van der Waals surface area contributed by atoms with Crippen molar-refractivity contribution in [3.05, 3.63) is 23.8 Å². The molecule has 18 heavy (non-hydrogen) atoms. The van der Waals surface area contributed by atoms with Gasteiger partial charge in [0.1, 0.15) is 11.0 Å². The Labute approximate surface area is 102 Å². The standard InChI is InChI=1S/C11H11N5O2/c1-6-4-10(17)13-14-11(6)7-2-3-8-9(5-7)16(18)15-12-8/h2-3,5-6,18H,4H2,1H3,(H,13,17)/t6-/m1/s1. The average Bonchev–Trinajstić information content (AvgIpc) is 2.71. The molecule has 0 unspecified atom stereocenters. The normalized spacial score (nSPS) is 19.7. The number of fused-ring (bicyclic) bond motifs is 1. The summed E-state index contributed by atoms with van der Waals surface area (Å²) in [6.07, 6.45) is 0.410. The number of hydrogen-bond donors (Lipinski definition) is 2. The fraction of sp³-hybridized carbons (Fsp3) is 0.273. The first-order valence-corrected chi connectivity index (χ1v) is 5.56. The molecule has 7 nitrogen and oxygen atoms in total. The van der Waals surface area contributed by atoms with Crippen molar-refractivity contribution < 1.29 is 10.0 Å². The second-order valence-corrected chi connectivity index (χ2v) is 4.32. The van der Waals surface area contributed by atoms with Crippen LogP contribution in [0.25, 0.3) is 11.0 Å². The highest BCUT2D eigenvalue weighted by Gasteiger charge is 2.22. The van der Waals surface area contributed by atoms with Crippen LogP contribution in [-0.2, 0) is 4.79 Å². The largest absolute Gasteiger partial charge is 0.410 e. The first-order chi connectivity index (χ1) is 8.65. The van der Waals surface area contributed by atoms with Crippen molar-refractivity contribution in [3.63, 3.8) is 0 Å². The Kier molecular flexibility index (Phi) is 2.26. The van der Waals surface area contributed by atoms with Crippen molar-refractivity contribution in [2.24, 2.45) is 11.0 Å². The van der Waals surface area contributed by atoms with E-state index in [0.29, 0.717) is 17.5 Å². The molecule has 2 N–H and O–H groups in total. The van der Waals surface area contributed by atoms with Crippen LogP contribution in [0.2, 0.25) is 0 Å². The van der Waals surface area contributed by atoms with Crippen LogP contribution in [0, 0.1) is 5.92 Å². The van der Waals surface area contributed by atoms with Crippen molar-refractivity contribution in [2.75, 3.05) is 0 Å². The van der Waals surface area contributed by atoms with Crippen molar-refractivity contribution in [1.82, 2.24) is 20.6 Å². The van der Waals surface area contributed by atoms with Gasteiger partial charge in [-0.1, -0.05) is 17.8 Å². The zero-order chi connectivity index (χ0) is 12.7. The molecule has 1 aliphatic rings. The number of amides is 1. The van der Waals surface area contributed by atoms with Gasteiger partial charge in [0.25, 0.3) is 0 Å². The summed E-state index contributed by atoms with van der Waals surface area (Å²) in [5.74, 6) is -0.0413. The van der Waals surface area contributed by atoms with E-state index in [1.165, 1.54) is 0 Å². The van der Waals surface area contributed by atoms with Crippen LogP contribution in [0.5, 0.6) is 0 Å². The summed E-state index contributed by atoms with van der Waals surface area (Å²) in [7, 11) is 0. The highest BCUT2D eigenvalue weighted by Crippen LogP contribution is 2.19. The molecule has 92 valence electrons. The molecule has 2 heterocycles. The maximum absolute atomic E-state index is 11.2. The van der Waals surface area contributed by atoms with Gasteiger partial charge in [0.05, 0.1) is 5.71 Å². The summed E-state index contributed by atoms with van der Waals surface area (Å²) in [5.41, 5.74) is 5.21. The van der Waals surface area contributed by atoms with Gasteiger partial charge in [-0.05, 0) is 17.3 Å². The molecule has 1 atom stereocenters. The molecule has 3 rings (SSSR count). The second-order valence-electron chi connectivity index (χ2n) is 4.32. The second kappa shape index (κ2) is 3.80. The van der Waals surface area contributed by atoms with Crippen LogP contribution in [0.3, 0.4) is 0 Å². The van der Waals surface area contributed by atoms with Crippen molar-refractivity contribution in [1.29, 1.82) is 0 Å². The van der Waals surface area contributed by atoms with E-state index in [9.17, 15) is 10.0 Å². The molecule has 0 spiro atoms. The third kappa shape index (κ3) is 1.60. The molecule has 0 fully saturated rings. The third-order valence-corrected chi connectivity index (χ3v) is 2.98. The summed E-state index contributed by atoms with van der Waals surface area (Å²) >= 11 is 0. The Morgan fingerprint density at radius 1 is 1.50 bits per heavy atom. The Morgan fingerprint density at radius 2 is 2.33 bits per heavy atom. The minimum absolute atomic E-state index is 0.0409. The van der Waals surface area contributed by atoms with E-state index in [0.717, 1.165) is 16.1 Å². The fourth-order valence-corrected chi connectivity index (χ4v) is 2.07. The number of nitrogens with zero attached hydrogens (tertiary/aromatic N) is 4. The Balaban J connectivity index is 2.09. The van der Waals surface area contributed by atoms with Crippen LogP contribution in [-0.4, -0.2) is 32.0 Å². The highest BCUT2D eigenvalue weighted by molar-refractivity contribution is 6.07. The van der Waals surface area contributed by atoms with Crippen LogP contribution < -0.4 is 5.43 Å². The first kappa shape index (κ1) is 10.7. The van der Waals surface area contributed by atoms with E-state index in [1.54, 1.807) is 12.1 Å². The molecule has 1 amide bonds. The van der Waals surface area contributed by atoms with Crippen molar-refractivity contribution in [3.8, 4) is 0 Å². The number of carbonyl (C=O) groups excluding carboxylic acids is 1. The molecule has 0 saturated carbocycles. The maximum Gasteiger partial charge on any atom is 0.240 e. The zero-order valence-electron chi connectivity index (χ0n) is 9.66. The molecule has 1 aromatic carbocycles. The molecule has 1 aromatic heterocycles. The van der Waals surface area contributed by atoms with Gasteiger partial charge in [0.15, 0.2) is 0 Å². The van der Waals surface area contributed by atoms with E-state index in [2.05, 4.69) is 20.8 Å². The fourth-order valence-electron chi connectivity index (χ4n) is 2.07. The first-order valence-electron chi connectivity index (χ1n) is 5.56. The molecule has 7 heteroatoms. The van der Waals surface area contributed by atoms with Crippen LogP contribution >= 0.6 is 0 Å². The zero-order valence-corrected chi connectivity index (χ0v) is 9.66. The van der Waals surface area contributed by atoms with Crippen LogP contribution in [0.4, 0.5) is 0 Å². The Morgan fingerprint density at radius 3 is 3.11 bits per heavy atom. The van der Waals surface area contributed by atoms with Gasteiger partial charge in [-0.2, -0.15) is 5.10 Å². The number of carbonyl (C=O) groups is 1. The summed E-state index contributed by atoms with van der Waals surface area (Å²) in [5, 5.41) is 20.9. The number of aromatic nitrogens is 3. The molecule has 0 aliphatic carbocycles. The quantitative estimate of drug-likeness (QED) is 0.717. The van der Waals surface area contributed by atoms with Crippen LogP contribution in [0.1, 0.15) is 18.9 Å². The Bertz CT molecular complexity index is 660. The third-order valence-electron chi connectivity index (χ3n) is 2.98. The predicted octanol–water partition coefficient (Wildman–Crippen LogP) is 0.529. The molecule has 0 saturated heterocycles. The minimum Gasteiger partial charge on any atom is -0.410 e. The lowest BCUT2D eigenvalue weighted by atomic mass is 9.94. The summed E-state index contributed by atoms with van der Waals surface area (Å²) in [6.45, 7) is 1.94. The van der Waals surface area contributed by atoms with Crippen molar-refractivity contribution in [2.45, 2.75) is 13.3 Å². The van der Waals surface area contributed by atoms with E-state index in [1.807, 2.05) is 13.0 Å². The lowest BCUT2D eigenvalue weighted by Gasteiger charge is -2.18. The minimum atomic E-state index is -0.0822.